The van der Waals surface area contributed by atoms with Crippen molar-refractivity contribution in [3.63, 3.8) is 0 Å². The van der Waals surface area contributed by atoms with Crippen molar-refractivity contribution in [3.8, 4) is 11.5 Å². The highest BCUT2D eigenvalue weighted by Gasteiger charge is 2.11. The van der Waals surface area contributed by atoms with Crippen LogP contribution in [0.3, 0.4) is 0 Å². The van der Waals surface area contributed by atoms with Crippen molar-refractivity contribution in [2.75, 3.05) is 7.11 Å². The summed E-state index contributed by atoms with van der Waals surface area (Å²) < 4.78 is 24.5. The fraction of sp³-hybridized carbons (Fsp3) is 0.250. The van der Waals surface area contributed by atoms with Crippen LogP contribution in [0.4, 0.5) is 0 Å². The molecule has 0 saturated heterocycles. The zero-order valence-electron chi connectivity index (χ0n) is 7.27. The summed E-state index contributed by atoms with van der Waals surface area (Å²) in [4.78, 5) is 0.165. The maximum Gasteiger partial charge on any atom is 0.190 e. The molecule has 0 aliphatic heterocycles. The number of rotatable bonds is 2. The van der Waals surface area contributed by atoms with Gasteiger partial charge < -0.3 is 14.4 Å². The number of benzene rings is 1. The lowest BCUT2D eigenvalue weighted by atomic mass is 10.2. The number of hydrogen-bond acceptors (Lipinski definition) is 3. The SMILES string of the molecule is COc1cc(O)c(C)cc1S(=O)O. The lowest BCUT2D eigenvalue weighted by Gasteiger charge is -2.07. The molecule has 0 aliphatic rings. The highest BCUT2D eigenvalue weighted by Crippen LogP contribution is 2.29. The molecular weight excluding hydrogens is 192 g/mol. The van der Waals surface area contributed by atoms with Gasteiger partial charge >= 0.3 is 0 Å². The molecule has 1 unspecified atom stereocenters. The van der Waals surface area contributed by atoms with E-state index < -0.39 is 11.1 Å². The van der Waals surface area contributed by atoms with Crippen LogP contribution >= 0.6 is 0 Å². The quantitative estimate of drug-likeness (QED) is 0.709. The molecule has 0 amide bonds. The molecule has 1 atom stereocenters. The van der Waals surface area contributed by atoms with Crippen molar-refractivity contribution < 1.29 is 18.6 Å². The average Bonchev–Trinajstić information content (AvgIpc) is 2.08. The third-order valence-electron chi connectivity index (χ3n) is 1.67. The second-order valence-electron chi connectivity index (χ2n) is 2.54. The number of methoxy groups -OCH3 is 1. The third-order valence-corrected chi connectivity index (χ3v) is 2.37. The summed E-state index contributed by atoms with van der Waals surface area (Å²) in [5.41, 5.74) is 0.540. The van der Waals surface area contributed by atoms with E-state index in [0.717, 1.165) is 0 Å². The van der Waals surface area contributed by atoms with Gasteiger partial charge in [-0.05, 0) is 18.6 Å². The Kier molecular flexibility index (Phi) is 2.90. The summed E-state index contributed by atoms with van der Waals surface area (Å²) in [6.07, 6.45) is 0. The fourth-order valence-corrected chi connectivity index (χ4v) is 1.54. The predicted octanol–water partition coefficient (Wildman–Crippen LogP) is 1.29. The number of hydrogen-bond donors (Lipinski definition) is 2. The Morgan fingerprint density at radius 3 is 2.54 bits per heavy atom. The van der Waals surface area contributed by atoms with Gasteiger partial charge in [-0.3, -0.25) is 0 Å². The average molecular weight is 202 g/mol. The Hall–Kier alpha value is -1.07. The van der Waals surface area contributed by atoms with E-state index in [0.29, 0.717) is 5.56 Å². The summed E-state index contributed by atoms with van der Waals surface area (Å²) >= 11 is -2.10. The molecule has 1 aromatic carbocycles. The van der Waals surface area contributed by atoms with Gasteiger partial charge in [-0.1, -0.05) is 0 Å². The predicted molar refractivity (Wildman–Crippen MR) is 48.4 cm³/mol. The third kappa shape index (κ3) is 1.99. The topological polar surface area (TPSA) is 66.8 Å². The van der Waals surface area contributed by atoms with Crippen LogP contribution in [0.5, 0.6) is 11.5 Å². The second kappa shape index (κ2) is 3.76. The Morgan fingerprint density at radius 1 is 1.46 bits per heavy atom. The monoisotopic (exact) mass is 202 g/mol. The normalized spacial score (nSPS) is 12.5. The minimum atomic E-state index is -2.10. The van der Waals surface area contributed by atoms with E-state index in [1.807, 2.05) is 0 Å². The zero-order valence-corrected chi connectivity index (χ0v) is 8.09. The molecule has 0 fully saturated rings. The van der Waals surface area contributed by atoms with Crippen LogP contribution in [-0.4, -0.2) is 21.0 Å². The van der Waals surface area contributed by atoms with Gasteiger partial charge in [0.25, 0.3) is 0 Å². The Balaban J connectivity index is 3.33. The van der Waals surface area contributed by atoms with Crippen LogP contribution in [-0.2, 0) is 11.1 Å². The zero-order chi connectivity index (χ0) is 10.0. The van der Waals surface area contributed by atoms with E-state index in [9.17, 15) is 9.32 Å². The van der Waals surface area contributed by atoms with Gasteiger partial charge in [0.15, 0.2) is 11.1 Å². The van der Waals surface area contributed by atoms with E-state index in [4.69, 9.17) is 9.29 Å². The molecule has 0 radical (unpaired) electrons. The van der Waals surface area contributed by atoms with E-state index >= 15 is 0 Å². The summed E-state index contributed by atoms with van der Waals surface area (Å²) in [7, 11) is 1.38. The molecule has 0 spiro atoms. The Bertz CT molecular complexity index is 348. The first-order valence-corrected chi connectivity index (χ1v) is 4.65. The molecule has 1 rings (SSSR count). The van der Waals surface area contributed by atoms with Gasteiger partial charge in [-0.2, -0.15) is 0 Å². The van der Waals surface area contributed by atoms with Crippen LogP contribution < -0.4 is 4.74 Å². The summed E-state index contributed by atoms with van der Waals surface area (Å²) in [5.74, 6) is 0.259. The van der Waals surface area contributed by atoms with E-state index in [1.54, 1.807) is 6.92 Å². The molecule has 1 aromatic rings. The molecule has 2 N–H and O–H groups in total. The van der Waals surface area contributed by atoms with Crippen LogP contribution in [0.25, 0.3) is 0 Å². The standard InChI is InChI=1S/C8H10O4S/c1-5-3-8(13(10)11)7(12-2)4-6(5)9/h3-4,9H,1-2H3,(H,10,11). The van der Waals surface area contributed by atoms with Gasteiger partial charge in [0.2, 0.25) is 0 Å². The molecule has 0 saturated carbocycles. The lowest BCUT2D eigenvalue weighted by Crippen LogP contribution is -1.95. The molecular formula is C8H10O4S. The summed E-state index contributed by atoms with van der Waals surface area (Å²) in [6.45, 7) is 1.64. The molecule has 0 aliphatic carbocycles. The van der Waals surface area contributed by atoms with Crippen molar-refractivity contribution in [2.45, 2.75) is 11.8 Å². The highest BCUT2D eigenvalue weighted by molar-refractivity contribution is 7.79. The van der Waals surface area contributed by atoms with E-state index in [-0.39, 0.29) is 16.4 Å². The number of aromatic hydroxyl groups is 1. The van der Waals surface area contributed by atoms with Gasteiger partial charge in [0.1, 0.15) is 16.4 Å². The number of ether oxygens (including phenoxy) is 1. The fourth-order valence-electron chi connectivity index (χ4n) is 0.947. The van der Waals surface area contributed by atoms with Crippen molar-refractivity contribution in [2.24, 2.45) is 0 Å². The first kappa shape index (κ1) is 10.0. The van der Waals surface area contributed by atoms with Crippen LogP contribution in [0.2, 0.25) is 0 Å². The number of aryl methyl sites for hydroxylation is 1. The molecule has 0 bridgehead atoms. The van der Waals surface area contributed by atoms with Gasteiger partial charge in [0.05, 0.1) is 7.11 Å². The maximum absolute atomic E-state index is 10.8. The smallest absolute Gasteiger partial charge is 0.190 e. The van der Waals surface area contributed by atoms with Crippen LogP contribution in [0.15, 0.2) is 17.0 Å². The van der Waals surface area contributed by atoms with Crippen molar-refractivity contribution in [1.82, 2.24) is 0 Å². The van der Waals surface area contributed by atoms with Gasteiger partial charge in [-0.25, -0.2) is 4.21 Å². The minimum Gasteiger partial charge on any atom is -0.508 e. The lowest BCUT2D eigenvalue weighted by molar-refractivity contribution is 0.394. The van der Waals surface area contributed by atoms with E-state index in [2.05, 4.69) is 0 Å². The summed E-state index contributed by atoms with van der Waals surface area (Å²) in [6, 6.07) is 2.74. The molecule has 13 heavy (non-hydrogen) atoms. The first-order valence-electron chi connectivity index (χ1n) is 3.54. The molecule has 5 heteroatoms. The van der Waals surface area contributed by atoms with Crippen molar-refractivity contribution >= 4 is 11.1 Å². The minimum absolute atomic E-state index is 0.0473. The van der Waals surface area contributed by atoms with Crippen molar-refractivity contribution in [3.05, 3.63) is 17.7 Å². The molecule has 0 heterocycles. The largest absolute Gasteiger partial charge is 0.508 e. The van der Waals surface area contributed by atoms with Crippen molar-refractivity contribution in [1.29, 1.82) is 0 Å². The van der Waals surface area contributed by atoms with Gasteiger partial charge in [-0.15, -0.1) is 0 Å². The van der Waals surface area contributed by atoms with Crippen LogP contribution in [0.1, 0.15) is 5.56 Å². The molecule has 72 valence electrons. The summed E-state index contributed by atoms with van der Waals surface area (Å²) in [5, 5.41) is 9.28. The van der Waals surface area contributed by atoms with Gasteiger partial charge in [0, 0.05) is 6.07 Å². The maximum atomic E-state index is 10.8. The molecule has 0 aromatic heterocycles. The number of phenolic OH excluding ortho intramolecular Hbond substituents is 1. The second-order valence-corrected chi connectivity index (χ2v) is 3.48. The Labute approximate surface area is 78.4 Å². The van der Waals surface area contributed by atoms with E-state index in [1.165, 1.54) is 19.2 Å². The molecule has 4 nitrogen and oxygen atoms in total. The highest BCUT2D eigenvalue weighted by atomic mass is 32.2. The first-order chi connectivity index (χ1) is 6.06. The number of phenols is 1. The van der Waals surface area contributed by atoms with Crippen LogP contribution in [0, 0.1) is 6.92 Å². The Morgan fingerprint density at radius 2 is 2.08 bits per heavy atom.